The van der Waals surface area contributed by atoms with Gasteiger partial charge in [-0.15, -0.1) is 0 Å². The molecule has 1 aromatic heterocycles. The summed E-state index contributed by atoms with van der Waals surface area (Å²) in [6.07, 6.45) is 1.77. The van der Waals surface area contributed by atoms with Crippen LogP contribution in [0.4, 0.5) is 0 Å². The van der Waals surface area contributed by atoms with Crippen molar-refractivity contribution in [1.29, 1.82) is 0 Å². The van der Waals surface area contributed by atoms with E-state index in [0.29, 0.717) is 18.2 Å². The maximum absolute atomic E-state index is 11.0. The van der Waals surface area contributed by atoms with E-state index >= 15 is 0 Å². The fraction of sp³-hybridized carbons (Fsp3) is 0.500. The first kappa shape index (κ1) is 13.1. The fourth-order valence-electron chi connectivity index (χ4n) is 1.61. The Bertz CT molecular complexity index is 404. The highest BCUT2D eigenvalue weighted by molar-refractivity contribution is 6.30. The van der Waals surface area contributed by atoms with E-state index in [1.807, 2.05) is 25.8 Å². The molecule has 0 atom stereocenters. The van der Waals surface area contributed by atoms with E-state index in [1.54, 1.807) is 13.1 Å². The maximum Gasteiger partial charge on any atom is 0.143 e. The van der Waals surface area contributed by atoms with Crippen LogP contribution in [0.5, 0.6) is 0 Å². The van der Waals surface area contributed by atoms with Gasteiger partial charge in [-0.1, -0.05) is 11.6 Å². The fourth-order valence-corrected chi connectivity index (χ4v) is 1.86. The van der Waals surface area contributed by atoms with Gasteiger partial charge in [-0.25, -0.2) is 4.98 Å². The first-order chi connectivity index (χ1) is 7.41. The molecule has 1 rings (SSSR count). The van der Waals surface area contributed by atoms with Gasteiger partial charge in [0, 0.05) is 18.3 Å². The summed E-state index contributed by atoms with van der Waals surface area (Å²) in [7, 11) is 1.90. The molecule has 0 aliphatic carbocycles. The van der Waals surface area contributed by atoms with Crippen LogP contribution >= 0.6 is 11.6 Å². The zero-order valence-corrected chi connectivity index (χ0v) is 10.9. The van der Waals surface area contributed by atoms with Crippen LogP contribution in [0.1, 0.15) is 23.6 Å². The lowest BCUT2D eigenvalue weighted by Crippen LogP contribution is -2.24. The Labute approximate surface area is 101 Å². The minimum Gasteiger partial charge on any atom is -0.299 e. The lowest BCUT2D eigenvalue weighted by atomic mass is 10.1. The summed E-state index contributed by atoms with van der Waals surface area (Å²) < 4.78 is 0. The number of rotatable bonds is 4. The van der Waals surface area contributed by atoms with Gasteiger partial charge in [0.05, 0.1) is 6.54 Å². The zero-order chi connectivity index (χ0) is 12.3. The molecule has 0 radical (unpaired) electrons. The van der Waals surface area contributed by atoms with Crippen molar-refractivity contribution in [3.8, 4) is 0 Å². The van der Waals surface area contributed by atoms with Gasteiger partial charge < -0.3 is 0 Å². The number of ketones is 1. The lowest BCUT2D eigenvalue weighted by Gasteiger charge is -2.17. The zero-order valence-electron chi connectivity index (χ0n) is 10.2. The molecule has 88 valence electrons. The van der Waals surface area contributed by atoms with Crippen LogP contribution in [0.2, 0.25) is 5.15 Å². The molecule has 0 amide bonds. The highest BCUT2D eigenvalue weighted by Crippen LogP contribution is 2.21. The van der Waals surface area contributed by atoms with E-state index in [9.17, 15) is 4.79 Å². The number of halogens is 1. The molecular weight excluding hydrogens is 224 g/mol. The van der Waals surface area contributed by atoms with Crippen molar-refractivity contribution in [3.63, 3.8) is 0 Å². The Kier molecular flexibility index (Phi) is 4.44. The third kappa shape index (κ3) is 3.29. The van der Waals surface area contributed by atoms with Crippen molar-refractivity contribution < 1.29 is 4.79 Å². The standard InChI is InChI=1S/C12H17ClN2O/c1-8-5-14-12(13)11(10(8)3)7-15(4)6-9(2)16/h5H,6-7H2,1-4H3. The summed E-state index contributed by atoms with van der Waals surface area (Å²) in [4.78, 5) is 17.1. The number of hydrogen-bond acceptors (Lipinski definition) is 3. The number of likely N-dealkylation sites (N-methyl/N-ethyl adjacent to an activating group) is 1. The van der Waals surface area contributed by atoms with E-state index in [0.717, 1.165) is 16.7 Å². The van der Waals surface area contributed by atoms with Gasteiger partial charge in [0.15, 0.2) is 0 Å². The van der Waals surface area contributed by atoms with E-state index in [2.05, 4.69) is 4.98 Å². The third-order valence-electron chi connectivity index (χ3n) is 2.59. The number of aryl methyl sites for hydroxylation is 1. The summed E-state index contributed by atoms with van der Waals surface area (Å²) in [6.45, 7) is 6.70. The smallest absolute Gasteiger partial charge is 0.143 e. The molecule has 0 aliphatic heterocycles. The summed E-state index contributed by atoms with van der Waals surface area (Å²) in [5, 5.41) is 0.526. The molecule has 1 aromatic rings. The Morgan fingerprint density at radius 3 is 2.69 bits per heavy atom. The van der Waals surface area contributed by atoms with E-state index in [-0.39, 0.29) is 5.78 Å². The molecule has 0 bridgehead atoms. The largest absolute Gasteiger partial charge is 0.299 e. The highest BCUT2D eigenvalue weighted by atomic mass is 35.5. The summed E-state index contributed by atoms with van der Waals surface area (Å²) in [6, 6.07) is 0. The van der Waals surface area contributed by atoms with Gasteiger partial charge in [-0.3, -0.25) is 9.69 Å². The molecule has 3 nitrogen and oxygen atoms in total. The molecule has 0 fully saturated rings. The van der Waals surface area contributed by atoms with Gasteiger partial charge in [-0.05, 0) is 38.9 Å². The minimum atomic E-state index is 0.150. The van der Waals surface area contributed by atoms with Crippen LogP contribution < -0.4 is 0 Å². The van der Waals surface area contributed by atoms with Gasteiger partial charge in [0.2, 0.25) is 0 Å². The molecule has 0 unspecified atom stereocenters. The second kappa shape index (κ2) is 5.41. The number of carbonyl (C=O) groups excluding carboxylic acids is 1. The summed E-state index contributed by atoms with van der Waals surface area (Å²) >= 11 is 6.06. The number of hydrogen-bond donors (Lipinski definition) is 0. The molecule has 0 saturated heterocycles. The van der Waals surface area contributed by atoms with Crippen LogP contribution in [0.3, 0.4) is 0 Å². The Morgan fingerprint density at radius 1 is 1.50 bits per heavy atom. The van der Waals surface area contributed by atoms with Crippen LogP contribution in [-0.4, -0.2) is 29.3 Å². The van der Waals surface area contributed by atoms with Gasteiger partial charge in [0.1, 0.15) is 10.9 Å². The molecule has 16 heavy (non-hydrogen) atoms. The maximum atomic E-state index is 11.0. The predicted molar refractivity (Wildman–Crippen MR) is 65.7 cm³/mol. The summed E-state index contributed by atoms with van der Waals surface area (Å²) in [5.74, 6) is 0.150. The van der Waals surface area contributed by atoms with Crippen molar-refractivity contribution in [2.75, 3.05) is 13.6 Å². The van der Waals surface area contributed by atoms with Crippen LogP contribution in [0, 0.1) is 13.8 Å². The van der Waals surface area contributed by atoms with Crippen molar-refractivity contribution in [3.05, 3.63) is 28.0 Å². The first-order valence-electron chi connectivity index (χ1n) is 5.20. The molecular formula is C12H17ClN2O. The second-order valence-electron chi connectivity index (χ2n) is 4.21. The number of carbonyl (C=O) groups is 1. The van der Waals surface area contributed by atoms with E-state index < -0.39 is 0 Å². The minimum absolute atomic E-state index is 0.150. The monoisotopic (exact) mass is 240 g/mol. The molecule has 0 spiro atoms. The molecule has 0 aliphatic rings. The average molecular weight is 241 g/mol. The third-order valence-corrected chi connectivity index (χ3v) is 2.91. The lowest BCUT2D eigenvalue weighted by molar-refractivity contribution is -0.117. The predicted octanol–water partition coefficient (Wildman–Crippen LogP) is 2.37. The molecule has 0 N–H and O–H groups in total. The number of aromatic nitrogens is 1. The SMILES string of the molecule is CC(=O)CN(C)Cc1c(Cl)ncc(C)c1C. The van der Waals surface area contributed by atoms with E-state index in [1.165, 1.54) is 0 Å². The average Bonchev–Trinajstić information content (AvgIpc) is 2.17. The van der Waals surface area contributed by atoms with Crippen molar-refractivity contribution in [2.45, 2.75) is 27.3 Å². The molecule has 0 aromatic carbocycles. The Balaban J connectivity index is 2.88. The normalized spacial score (nSPS) is 10.9. The van der Waals surface area contributed by atoms with Gasteiger partial charge in [0.25, 0.3) is 0 Å². The van der Waals surface area contributed by atoms with E-state index in [4.69, 9.17) is 11.6 Å². The van der Waals surface area contributed by atoms with Crippen LogP contribution in [-0.2, 0) is 11.3 Å². The number of Topliss-reactive ketones (excluding diaryl/α,β-unsaturated/α-hetero) is 1. The quantitative estimate of drug-likeness (QED) is 0.758. The van der Waals surface area contributed by atoms with Gasteiger partial charge in [-0.2, -0.15) is 0 Å². The first-order valence-corrected chi connectivity index (χ1v) is 5.58. The number of nitrogens with zero attached hydrogens (tertiary/aromatic N) is 2. The Hall–Kier alpha value is -0.930. The van der Waals surface area contributed by atoms with Crippen molar-refractivity contribution >= 4 is 17.4 Å². The highest BCUT2D eigenvalue weighted by Gasteiger charge is 2.11. The second-order valence-corrected chi connectivity index (χ2v) is 4.57. The molecule has 0 saturated carbocycles. The summed E-state index contributed by atoms with van der Waals surface area (Å²) in [5.41, 5.74) is 3.27. The Morgan fingerprint density at radius 2 is 2.12 bits per heavy atom. The number of pyridine rings is 1. The van der Waals surface area contributed by atoms with Crippen LogP contribution in [0.15, 0.2) is 6.20 Å². The van der Waals surface area contributed by atoms with Gasteiger partial charge >= 0.3 is 0 Å². The van der Waals surface area contributed by atoms with Crippen molar-refractivity contribution in [2.24, 2.45) is 0 Å². The topological polar surface area (TPSA) is 33.2 Å². The van der Waals surface area contributed by atoms with Crippen LogP contribution in [0.25, 0.3) is 0 Å². The molecule has 4 heteroatoms. The van der Waals surface area contributed by atoms with Crippen molar-refractivity contribution in [1.82, 2.24) is 9.88 Å². The molecule has 1 heterocycles.